The third kappa shape index (κ3) is 3.00. The Labute approximate surface area is 146 Å². The zero-order valence-corrected chi connectivity index (χ0v) is 14.0. The first-order valence-electron chi connectivity index (χ1n) is 8.63. The maximum absolute atomic E-state index is 12.8. The first-order valence-corrected chi connectivity index (χ1v) is 8.63. The molecular formula is C19H21N5O. The van der Waals surface area contributed by atoms with Crippen LogP contribution in [0.2, 0.25) is 0 Å². The summed E-state index contributed by atoms with van der Waals surface area (Å²) in [5.74, 6) is 0.541. The predicted octanol–water partition coefficient (Wildman–Crippen LogP) is 2.21. The molecule has 1 aliphatic heterocycles. The number of pyridine rings is 1. The maximum Gasteiger partial charge on any atom is 0.254 e. The molecule has 3 heterocycles. The van der Waals surface area contributed by atoms with Crippen molar-refractivity contribution < 1.29 is 4.79 Å². The molecule has 0 radical (unpaired) electrons. The number of hydrogen-bond acceptors (Lipinski definition) is 4. The average molecular weight is 335 g/mol. The lowest BCUT2D eigenvalue weighted by Crippen LogP contribution is -2.38. The van der Waals surface area contributed by atoms with E-state index >= 15 is 0 Å². The van der Waals surface area contributed by atoms with Gasteiger partial charge in [0.2, 0.25) is 0 Å². The van der Waals surface area contributed by atoms with Gasteiger partial charge in [-0.15, -0.1) is 0 Å². The van der Waals surface area contributed by atoms with E-state index < -0.39 is 0 Å². The second-order valence-corrected chi connectivity index (χ2v) is 6.45. The molecule has 1 saturated heterocycles. The van der Waals surface area contributed by atoms with Gasteiger partial charge < -0.3 is 10.6 Å². The van der Waals surface area contributed by atoms with Gasteiger partial charge >= 0.3 is 0 Å². The molecule has 2 N–H and O–H groups in total. The number of carbonyl (C=O) groups is 1. The molecule has 1 fully saturated rings. The molecule has 0 atom stereocenters. The minimum Gasteiger partial charge on any atom is -0.339 e. The van der Waals surface area contributed by atoms with E-state index in [0.717, 1.165) is 25.9 Å². The van der Waals surface area contributed by atoms with E-state index in [-0.39, 0.29) is 5.91 Å². The fraction of sp³-hybridized carbons (Fsp3) is 0.316. The van der Waals surface area contributed by atoms with Crippen molar-refractivity contribution in [3.05, 3.63) is 65.6 Å². The highest BCUT2D eigenvalue weighted by atomic mass is 16.2. The number of aromatic nitrogens is 3. The van der Waals surface area contributed by atoms with Crippen LogP contribution in [0.1, 0.15) is 40.2 Å². The summed E-state index contributed by atoms with van der Waals surface area (Å²) in [4.78, 5) is 18.9. The Morgan fingerprint density at radius 2 is 2.00 bits per heavy atom. The van der Waals surface area contributed by atoms with Crippen molar-refractivity contribution in [2.75, 3.05) is 13.1 Å². The average Bonchev–Trinajstić information content (AvgIpc) is 3.15. The summed E-state index contributed by atoms with van der Waals surface area (Å²) in [6.07, 6.45) is 5.20. The largest absolute Gasteiger partial charge is 0.339 e. The minimum absolute atomic E-state index is 0.0658. The van der Waals surface area contributed by atoms with E-state index in [1.54, 1.807) is 22.8 Å². The first-order chi connectivity index (χ1) is 12.3. The van der Waals surface area contributed by atoms with Crippen LogP contribution in [0.5, 0.6) is 0 Å². The van der Waals surface area contributed by atoms with Gasteiger partial charge in [0.15, 0.2) is 5.65 Å². The van der Waals surface area contributed by atoms with Gasteiger partial charge in [-0.05, 0) is 42.0 Å². The van der Waals surface area contributed by atoms with Crippen molar-refractivity contribution in [2.24, 2.45) is 5.73 Å². The molecule has 0 saturated carbocycles. The summed E-state index contributed by atoms with van der Waals surface area (Å²) >= 11 is 0. The van der Waals surface area contributed by atoms with Crippen LogP contribution in [0.25, 0.3) is 5.65 Å². The second-order valence-electron chi connectivity index (χ2n) is 6.45. The molecule has 2 aromatic heterocycles. The lowest BCUT2D eigenvalue weighted by atomic mass is 9.86. The van der Waals surface area contributed by atoms with E-state index in [1.165, 1.54) is 17.5 Å². The Kier molecular flexibility index (Phi) is 4.19. The van der Waals surface area contributed by atoms with Crippen LogP contribution in [0.15, 0.2) is 48.9 Å². The fourth-order valence-corrected chi connectivity index (χ4v) is 3.64. The normalized spacial score (nSPS) is 15.6. The van der Waals surface area contributed by atoms with Gasteiger partial charge in [0.1, 0.15) is 6.33 Å². The second kappa shape index (κ2) is 6.64. The molecule has 3 aromatic rings. The minimum atomic E-state index is 0.0658. The molecule has 0 spiro atoms. The quantitative estimate of drug-likeness (QED) is 0.796. The highest BCUT2D eigenvalue weighted by Crippen LogP contribution is 2.30. The summed E-state index contributed by atoms with van der Waals surface area (Å²) in [5.41, 5.74) is 9.78. The van der Waals surface area contributed by atoms with Crippen molar-refractivity contribution >= 4 is 11.6 Å². The van der Waals surface area contributed by atoms with Gasteiger partial charge in [0.05, 0.1) is 0 Å². The Morgan fingerprint density at radius 3 is 2.80 bits per heavy atom. The molecule has 6 nitrogen and oxygen atoms in total. The van der Waals surface area contributed by atoms with E-state index in [9.17, 15) is 4.79 Å². The molecule has 1 amide bonds. The van der Waals surface area contributed by atoms with Gasteiger partial charge in [-0.25, -0.2) is 9.50 Å². The molecule has 1 aliphatic rings. The Hall–Kier alpha value is -2.73. The molecule has 4 rings (SSSR count). The molecule has 1 aromatic carbocycles. The number of nitrogens with two attached hydrogens (primary N) is 1. The van der Waals surface area contributed by atoms with Crippen molar-refractivity contribution in [2.45, 2.75) is 25.3 Å². The number of carbonyl (C=O) groups excluding carboxylic acids is 1. The number of piperidine rings is 1. The number of nitrogens with zero attached hydrogens (tertiary/aromatic N) is 4. The summed E-state index contributed by atoms with van der Waals surface area (Å²) in [6, 6.07) is 12.0. The van der Waals surface area contributed by atoms with E-state index in [0.29, 0.717) is 23.7 Å². The maximum atomic E-state index is 12.8. The van der Waals surface area contributed by atoms with Gasteiger partial charge in [0, 0.05) is 31.4 Å². The summed E-state index contributed by atoms with van der Waals surface area (Å²) < 4.78 is 1.66. The number of likely N-dealkylation sites (tertiary alicyclic amines) is 1. The highest BCUT2D eigenvalue weighted by molar-refractivity contribution is 5.95. The molecule has 6 heteroatoms. The summed E-state index contributed by atoms with van der Waals surface area (Å²) in [5, 5.41) is 4.06. The zero-order chi connectivity index (χ0) is 17.2. The van der Waals surface area contributed by atoms with Crippen molar-refractivity contribution in [3.63, 3.8) is 0 Å². The number of fused-ring (bicyclic) bond motifs is 1. The summed E-state index contributed by atoms with van der Waals surface area (Å²) in [7, 11) is 0. The molecule has 0 aliphatic carbocycles. The zero-order valence-electron chi connectivity index (χ0n) is 14.0. The van der Waals surface area contributed by atoms with Crippen LogP contribution >= 0.6 is 0 Å². The Morgan fingerprint density at radius 1 is 1.20 bits per heavy atom. The van der Waals surface area contributed by atoms with Crippen LogP contribution in [-0.2, 0) is 6.54 Å². The monoisotopic (exact) mass is 335 g/mol. The van der Waals surface area contributed by atoms with Gasteiger partial charge in [-0.2, -0.15) is 5.10 Å². The lowest BCUT2D eigenvalue weighted by Gasteiger charge is -2.33. The van der Waals surface area contributed by atoms with Crippen LogP contribution in [0.4, 0.5) is 0 Å². The molecule has 0 bridgehead atoms. The molecular weight excluding hydrogens is 314 g/mol. The fourth-order valence-electron chi connectivity index (χ4n) is 3.64. The molecule has 0 unspecified atom stereocenters. The van der Waals surface area contributed by atoms with Crippen LogP contribution in [0.3, 0.4) is 0 Å². The third-order valence-corrected chi connectivity index (χ3v) is 5.02. The van der Waals surface area contributed by atoms with E-state index in [1.807, 2.05) is 11.0 Å². The molecule has 25 heavy (non-hydrogen) atoms. The van der Waals surface area contributed by atoms with Gasteiger partial charge in [0.25, 0.3) is 5.91 Å². The number of benzene rings is 1. The number of rotatable bonds is 3. The topological polar surface area (TPSA) is 76.5 Å². The van der Waals surface area contributed by atoms with Crippen molar-refractivity contribution in [1.82, 2.24) is 19.5 Å². The Bertz CT molecular complexity index is 895. The van der Waals surface area contributed by atoms with Crippen molar-refractivity contribution in [3.8, 4) is 0 Å². The third-order valence-electron chi connectivity index (χ3n) is 5.02. The smallest absolute Gasteiger partial charge is 0.254 e. The van der Waals surface area contributed by atoms with Crippen molar-refractivity contribution in [1.29, 1.82) is 0 Å². The lowest BCUT2D eigenvalue weighted by molar-refractivity contribution is 0.0713. The highest BCUT2D eigenvalue weighted by Gasteiger charge is 2.25. The standard InChI is InChI=1S/C19H21N5O/c20-12-16-3-1-2-4-17(16)14-5-8-23(9-6-14)19(25)15-7-10-24-18(11-15)21-13-22-24/h1-4,7,10-11,13-14H,5-6,8-9,12,20H2. The van der Waals surface area contributed by atoms with Gasteiger partial charge in [-0.3, -0.25) is 4.79 Å². The number of amides is 1. The Balaban J connectivity index is 1.46. The summed E-state index contributed by atoms with van der Waals surface area (Å²) in [6.45, 7) is 2.09. The predicted molar refractivity (Wildman–Crippen MR) is 95.2 cm³/mol. The van der Waals surface area contributed by atoms with Gasteiger partial charge in [-0.1, -0.05) is 24.3 Å². The molecule has 128 valence electrons. The van der Waals surface area contributed by atoms with Crippen LogP contribution in [0, 0.1) is 0 Å². The first kappa shape index (κ1) is 15.8. The van der Waals surface area contributed by atoms with Crippen LogP contribution in [-0.4, -0.2) is 38.5 Å². The van der Waals surface area contributed by atoms with E-state index in [4.69, 9.17) is 5.73 Å². The SMILES string of the molecule is NCc1ccccc1C1CCN(C(=O)c2ccn3ncnc3c2)CC1. The van der Waals surface area contributed by atoms with Crippen LogP contribution < -0.4 is 5.73 Å². The number of hydrogen-bond donors (Lipinski definition) is 1. The van der Waals surface area contributed by atoms with E-state index in [2.05, 4.69) is 28.3 Å².